The van der Waals surface area contributed by atoms with Gasteiger partial charge in [-0.1, -0.05) is 17.7 Å². The van der Waals surface area contributed by atoms with Crippen molar-refractivity contribution in [1.82, 2.24) is 19.7 Å². The van der Waals surface area contributed by atoms with Crippen LogP contribution in [0.15, 0.2) is 55.1 Å². The largest absolute Gasteiger partial charge is 0.381 e. The van der Waals surface area contributed by atoms with E-state index in [9.17, 15) is 13.9 Å². The molecule has 0 saturated carbocycles. The van der Waals surface area contributed by atoms with Gasteiger partial charge in [0.2, 0.25) is 0 Å². The van der Waals surface area contributed by atoms with E-state index in [1.807, 2.05) is 38.2 Å². The number of anilines is 1. The molecular weight excluding hydrogens is 448 g/mol. The van der Waals surface area contributed by atoms with E-state index >= 15 is 0 Å². The Balaban J connectivity index is 1.53. The lowest BCUT2D eigenvalue weighted by molar-refractivity contribution is -0.0697. The molecule has 1 fully saturated rings. The van der Waals surface area contributed by atoms with Crippen LogP contribution in [-0.2, 0) is 12.1 Å². The normalized spacial score (nSPS) is 17.8. The fraction of sp³-hybridized carbons (Fsp3) is 0.417. The molecule has 4 rings (SSSR count). The summed E-state index contributed by atoms with van der Waals surface area (Å²) in [6, 6.07) is 10.8. The topological polar surface area (TPSA) is 57.4 Å². The molecule has 0 aliphatic carbocycles. The number of hydrogen-bond donors (Lipinski definition) is 1. The first kappa shape index (κ1) is 23.6. The Kier molecular flexibility index (Phi) is 6.97. The molecule has 33 heavy (non-hydrogen) atoms. The van der Waals surface area contributed by atoms with Gasteiger partial charge in [0.05, 0.1) is 6.54 Å². The molecule has 2 heterocycles. The average molecular weight is 476 g/mol. The molecule has 1 aromatic heterocycles. The highest BCUT2D eigenvalue weighted by molar-refractivity contribution is 6.30. The second-order valence-electron chi connectivity index (χ2n) is 8.68. The molecule has 0 radical (unpaired) electrons. The SMILES string of the molecule is C[C@@H](N(C)C1CCN(c2ccc(Cl)cc2)CC1)[C@](O)(Cn1cncn1)c1ccc(F)cc1F. The monoisotopic (exact) mass is 475 g/mol. The first-order valence-electron chi connectivity index (χ1n) is 11.0. The van der Waals surface area contributed by atoms with Crippen LogP contribution < -0.4 is 4.90 Å². The molecule has 0 spiro atoms. The minimum absolute atomic E-state index is 0.00925. The molecular formula is C24H28ClF2N5O. The highest BCUT2D eigenvalue weighted by atomic mass is 35.5. The molecule has 1 aliphatic heterocycles. The van der Waals surface area contributed by atoms with E-state index in [4.69, 9.17) is 11.6 Å². The second-order valence-corrected chi connectivity index (χ2v) is 9.11. The van der Waals surface area contributed by atoms with Crippen molar-refractivity contribution >= 4 is 17.3 Å². The van der Waals surface area contributed by atoms with E-state index in [-0.39, 0.29) is 18.2 Å². The first-order valence-corrected chi connectivity index (χ1v) is 11.4. The second kappa shape index (κ2) is 9.75. The lowest BCUT2D eigenvalue weighted by Crippen LogP contribution is -2.55. The van der Waals surface area contributed by atoms with E-state index in [0.29, 0.717) is 5.02 Å². The number of halogens is 3. The van der Waals surface area contributed by atoms with Crippen LogP contribution >= 0.6 is 11.6 Å². The minimum atomic E-state index is -1.65. The number of benzene rings is 2. The fourth-order valence-corrected chi connectivity index (χ4v) is 4.81. The van der Waals surface area contributed by atoms with E-state index < -0.39 is 23.3 Å². The summed E-state index contributed by atoms with van der Waals surface area (Å²) in [4.78, 5) is 8.34. The number of rotatable bonds is 7. The van der Waals surface area contributed by atoms with Crippen molar-refractivity contribution in [3.8, 4) is 0 Å². The molecule has 1 saturated heterocycles. The number of hydrogen-bond acceptors (Lipinski definition) is 5. The summed E-state index contributed by atoms with van der Waals surface area (Å²) in [7, 11) is 1.95. The molecule has 0 unspecified atom stereocenters. The summed E-state index contributed by atoms with van der Waals surface area (Å²) < 4.78 is 29.9. The Morgan fingerprint density at radius 2 is 1.88 bits per heavy atom. The van der Waals surface area contributed by atoms with Crippen molar-refractivity contribution in [2.75, 3.05) is 25.0 Å². The van der Waals surface area contributed by atoms with Crippen LogP contribution in [0, 0.1) is 11.6 Å². The predicted molar refractivity (Wildman–Crippen MR) is 124 cm³/mol. The standard InChI is InChI=1S/C24H28ClF2N5O/c1-17(30(2)20-9-11-31(12-10-20)21-6-3-18(25)4-7-21)24(33,14-32-16-28-15-29-32)22-8-5-19(26)13-23(22)27/h3-8,13,15-17,20,33H,9-12,14H2,1-2H3/t17-,24-/m1/s1. The van der Waals surface area contributed by atoms with Gasteiger partial charge in [0.15, 0.2) is 0 Å². The Morgan fingerprint density at radius 3 is 2.48 bits per heavy atom. The van der Waals surface area contributed by atoms with Crippen LogP contribution in [0.5, 0.6) is 0 Å². The number of nitrogens with zero attached hydrogens (tertiary/aromatic N) is 5. The molecule has 1 aliphatic rings. The van der Waals surface area contributed by atoms with Crippen molar-refractivity contribution in [2.45, 2.75) is 44.0 Å². The van der Waals surface area contributed by atoms with Gasteiger partial charge in [0.1, 0.15) is 29.9 Å². The van der Waals surface area contributed by atoms with Gasteiger partial charge >= 0.3 is 0 Å². The minimum Gasteiger partial charge on any atom is -0.381 e. The predicted octanol–water partition coefficient (Wildman–Crippen LogP) is 4.09. The van der Waals surface area contributed by atoms with Gasteiger partial charge in [-0.25, -0.2) is 18.4 Å². The summed E-state index contributed by atoms with van der Waals surface area (Å²) in [6.07, 6.45) is 4.61. The van der Waals surface area contributed by atoms with Gasteiger partial charge in [-0.3, -0.25) is 4.90 Å². The molecule has 1 N–H and O–H groups in total. The zero-order chi connectivity index (χ0) is 23.6. The smallest absolute Gasteiger partial charge is 0.137 e. The molecule has 0 amide bonds. The summed E-state index contributed by atoms with van der Waals surface area (Å²) in [5, 5.41) is 16.6. The van der Waals surface area contributed by atoms with Gasteiger partial charge in [-0.2, -0.15) is 5.10 Å². The van der Waals surface area contributed by atoms with E-state index in [0.717, 1.165) is 37.7 Å². The summed E-state index contributed by atoms with van der Waals surface area (Å²) >= 11 is 6.01. The zero-order valence-electron chi connectivity index (χ0n) is 18.7. The summed E-state index contributed by atoms with van der Waals surface area (Å²) in [6.45, 7) is 3.57. The van der Waals surface area contributed by atoms with E-state index in [1.165, 1.54) is 29.5 Å². The van der Waals surface area contributed by atoms with Crippen LogP contribution in [0.1, 0.15) is 25.3 Å². The van der Waals surface area contributed by atoms with Gasteiger partial charge in [-0.15, -0.1) is 0 Å². The lowest BCUT2D eigenvalue weighted by Gasteiger charge is -2.45. The van der Waals surface area contributed by atoms with Crippen LogP contribution in [0.2, 0.25) is 5.02 Å². The Bertz CT molecular complexity index is 1060. The third-order valence-corrected chi connectivity index (χ3v) is 7.05. The van der Waals surface area contributed by atoms with Crippen LogP contribution in [0.25, 0.3) is 0 Å². The fourth-order valence-electron chi connectivity index (χ4n) is 4.68. The molecule has 3 aromatic rings. The van der Waals surface area contributed by atoms with Crippen molar-refractivity contribution < 1.29 is 13.9 Å². The highest BCUT2D eigenvalue weighted by Crippen LogP contribution is 2.34. The number of aliphatic hydroxyl groups is 1. The van der Waals surface area contributed by atoms with Crippen LogP contribution in [-0.4, -0.2) is 57.0 Å². The summed E-state index contributed by atoms with van der Waals surface area (Å²) in [5.41, 5.74) is -0.477. The van der Waals surface area contributed by atoms with E-state index in [2.05, 4.69) is 19.9 Å². The van der Waals surface area contributed by atoms with Gasteiger partial charge in [0.25, 0.3) is 0 Å². The maximum absolute atomic E-state index is 14.8. The Hall–Kier alpha value is -2.55. The lowest BCUT2D eigenvalue weighted by atomic mass is 9.84. The maximum Gasteiger partial charge on any atom is 0.137 e. The number of likely N-dealkylation sites (N-methyl/N-ethyl adjacent to an activating group) is 1. The third-order valence-electron chi connectivity index (χ3n) is 6.80. The molecule has 2 aromatic carbocycles. The molecule has 6 nitrogen and oxygen atoms in total. The molecule has 0 bridgehead atoms. The average Bonchev–Trinajstić information content (AvgIpc) is 3.31. The van der Waals surface area contributed by atoms with Gasteiger partial charge < -0.3 is 10.0 Å². The van der Waals surface area contributed by atoms with Crippen LogP contribution in [0.3, 0.4) is 0 Å². The van der Waals surface area contributed by atoms with Gasteiger partial charge in [0, 0.05) is 47.5 Å². The quantitative estimate of drug-likeness (QED) is 0.558. The molecule has 2 atom stereocenters. The molecule has 176 valence electrons. The zero-order valence-corrected chi connectivity index (χ0v) is 19.5. The summed E-state index contributed by atoms with van der Waals surface area (Å²) in [5.74, 6) is -1.47. The van der Waals surface area contributed by atoms with Crippen molar-refractivity contribution in [1.29, 1.82) is 0 Å². The van der Waals surface area contributed by atoms with Crippen molar-refractivity contribution in [2.24, 2.45) is 0 Å². The maximum atomic E-state index is 14.8. The Morgan fingerprint density at radius 1 is 1.18 bits per heavy atom. The van der Waals surface area contributed by atoms with Crippen molar-refractivity contribution in [3.05, 3.63) is 77.3 Å². The number of aromatic nitrogens is 3. The van der Waals surface area contributed by atoms with Gasteiger partial charge in [-0.05, 0) is 57.1 Å². The Labute approximate surface area is 197 Å². The first-order chi connectivity index (χ1) is 15.8. The van der Waals surface area contributed by atoms with Crippen molar-refractivity contribution in [3.63, 3.8) is 0 Å². The number of piperidine rings is 1. The van der Waals surface area contributed by atoms with E-state index in [1.54, 1.807) is 0 Å². The highest BCUT2D eigenvalue weighted by Gasteiger charge is 2.43. The molecule has 9 heteroatoms. The van der Waals surface area contributed by atoms with Crippen LogP contribution in [0.4, 0.5) is 14.5 Å². The third kappa shape index (κ3) is 5.03.